The third-order valence-corrected chi connectivity index (χ3v) is 4.46. The molecule has 0 bridgehead atoms. The topological polar surface area (TPSA) is 39.1 Å². The Hall–Kier alpha value is -2.96. The maximum atomic E-state index is 12.4. The van der Waals surface area contributed by atoms with Gasteiger partial charge >= 0.3 is 6.36 Å². The predicted octanol–water partition coefficient (Wildman–Crippen LogP) is 5.02. The standard InChI is InChI=1S/C20H18F3N3O/c1-12-9-13(2)11-14(10-12)18-17-7-8-24-19(17)26(25-18)15-3-5-16(6-4-15)27-20(21,22)23/h3-6,9-11,24H,7-8H2,1-2H3. The van der Waals surface area contributed by atoms with Crippen LogP contribution in [0.25, 0.3) is 16.9 Å². The van der Waals surface area contributed by atoms with Gasteiger partial charge in [0.2, 0.25) is 0 Å². The number of ether oxygens (including phenoxy) is 1. The molecule has 1 aromatic heterocycles. The summed E-state index contributed by atoms with van der Waals surface area (Å²) in [6.45, 7) is 4.90. The smallest absolute Gasteiger partial charge is 0.406 e. The molecule has 0 spiro atoms. The van der Waals surface area contributed by atoms with Crippen LogP contribution in [-0.4, -0.2) is 22.7 Å². The van der Waals surface area contributed by atoms with Gasteiger partial charge in [-0.1, -0.05) is 17.2 Å². The van der Waals surface area contributed by atoms with Crippen LogP contribution in [0, 0.1) is 13.8 Å². The van der Waals surface area contributed by atoms with Crippen molar-refractivity contribution in [3.63, 3.8) is 0 Å². The number of aryl methyl sites for hydroxylation is 2. The number of rotatable bonds is 3. The molecule has 0 radical (unpaired) electrons. The summed E-state index contributed by atoms with van der Waals surface area (Å²) < 4.78 is 42.7. The molecule has 0 atom stereocenters. The highest BCUT2D eigenvalue weighted by molar-refractivity contribution is 5.73. The first kappa shape index (κ1) is 17.5. The van der Waals surface area contributed by atoms with Crippen molar-refractivity contribution < 1.29 is 17.9 Å². The molecule has 3 aromatic rings. The second-order valence-electron chi connectivity index (χ2n) is 6.68. The van der Waals surface area contributed by atoms with E-state index in [0.29, 0.717) is 5.69 Å². The van der Waals surface area contributed by atoms with Crippen molar-refractivity contribution in [3.8, 4) is 22.7 Å². The summed E-state index contributed by atoms with van der Waals surface area (Å²) >= 11 is 0. The fourth-order valence-corrected chi connectivity index (χ4v) is 3.49. The Balaban J connectivity index is 1.74. The Bertz CT molecular complexity index is 971. The molecule has 0 fully saturated rings. The number of halogens is 3. The van der Waals surface area contributed by atoms with Gasteiger partial charge in [0.15, 0.2) is 0 Å². The van der Waals surface area contributed by atoms with Crippen molar-refractivity contribution in [2.75, 3.05) is 11.9 Å². The Morgan fingerprint density at radius 2 is 1.70 bits per heavy atom. The SMILES string of the molecule is Cc1cc(C)cc(-c2nn(-c3ccc(OC(F)(F)F)cc3)c3c2CCN3)c1. The van der Waals surface area contributed by atoms with Gasteiger partial charge in [0, 0.05) is 17.7 Å². The van der Waals surface area contributed by atoms with Gasteiger partial charge < -0.3 is 10.1 Å². The number of anilines is 1. The number of fused-ring (bicyclic) bond motifs is 1. The molecule has 1 aliphatic rings. The van der Waals surface area contributed by atoms with Crippen molar-refractivity contribution in [1.29, 1.82) is 0 Å². The van der Waals surface area contributed by atoms with Crippen LogP contribution in [0.5, 0.6) is 5.75 Å². The van der Waals surface area contributed by atoms with Crippen molar-refractivity contribution in [1.82, 2.24) is 9.78 Å². The lowest BCUT2D eigenvalue weighted by atomic mass is 10.0. The number of alkyl halides is 3. The fraction of sp³-hybridized carbons (Fsp3) is 0.250. The minimum Gasteiger partial charge on any atom is -0.406 e. The average Bonchev–Trinajstić information content (AvgIpc) is 3.15. The minimum atomic E-state index is -4.70. The van der Waals surface area contributed by atoms with E-state index in [9.17, 15) is 13.2 Å². The summed E-state index contributed by atoms with van der Waals surface area (Å²) in [5, 5.41) is 8.08. The van der Waals surface area contributed by atoms with E-state index in [-0.39, 0.29) is 5.75 Å². The zero-order valence-corrected chi connectivity index (χ0v) is 14.9. The van der Waals surface area contributed by atoms with E-state index >= 15 is 0 Å². The maximum Gasteiger partial charge on any atom is 0.573 e. The molecule has 0 saturated carbocycles. The molecule has 7 heteroatoms. The van der Waals surface area contributed by atoms with Gasteiger partial charge in [0.25, 0.3) is 0 Å². The van der Waals surface area contributed by atoms with Crippen LogP contribution in [0.2, 0.25) is 0 Å². The second kappa shape index (κ2) is 6.33. The molecule has 4 nitrogen and oxygen atoms in total. The van der Waals surface area contributed by atoms with E-state index < -0.39 is 6.36 Å². The van der Waals surface area contributed by atoms with Crippen LogP contribution in [-0.2, 0) is 6.42 Å². The number of hydrogen-bond acceptors (Lipinski definition) is 3. The molecule has 0 amide bonds. The number of benzene rings is 2. The maximum absolute atomic E-state index is 12.4. The van der Waals surface area contributed by atoms with Crippen molar-refractivity contribution in [2.45, 2.75) is 26.6 Å². The number of hydrogen-bond donors (Lipinski definition) is 1. The number of nitrogens with zero attached hydrogens (tertiary/aromatic N) is 2. The zero-order valence-electron chi connectivity index (χ0n) is 14.9. The molecule has 140 valence electrons. The lowest BCUT2D eigenvalue weighted by Crippen LogP contribution is -2.17. The molecule has 0 unspecified atom stereocenters. The molecule has 0 aliphatic carbocycles. The van der Waals surface area contributed by atoms with E-state index in [1.165, 1.54) is 12.1 Å². The van der Waals surface area contributed by atoms with E-state index in [1.807, 2.05) is 13.8 Å². The van der Waals surface area contributed by atoms with Crippen LogP contribution in [0.3, 0.4) is 0 Å². The molecule has 2 heterocycles. The highest BCUT2D eigenvalue weighted by Crippen LogP contribution is 2.35. The summed E-state index contributed by atoms with van der Waals surface area (Å²) in [7, 11) is 0. The molecule has 1 N–H and O–H groups in total. The van der Waals surface area contributed by atoms with Crippen LogP contribution in [0.15, 0.2) is 42.5 Å². The van der Waals surface area contributed by atoms with Crippen molar-refractivity contribution >= 4 is 5.82 Å². The first-order chi connectivity index (χ1) is 12.8. The van der Waals surface area contributed by atoms with Gasteiger partial charge in [-0.25, -0.2) is 4.68 Å². The Labute approximate surface area is 154 Å². The quantitative estimate of drug-likeness (QED) is 0.700. The van der Waals surface area contributed by atoms with Gasteiger partial charge in [0.1, 0.15) is 11.6 Å². The first-order valence-electron chi connectivity index (χ1n) is 8.61. The average molecular weight is 373 g/mol. The van der Waals surface area contributed by atoms with Crippen LogP contribution in [0.1, 0.15) is 16.7 Å². The Kier molecular flexibility index (Phi) is 4.09. The summed E-state index contributed by atoms with van der Waals surface area (Å²) in [4.78, 5) is 0. The predicted molar refractivity (Wildman–Crippen MR) is 97.4 cm³/mol. The molecule has 27 heavy (non-hydrogen) atoms. The lowest BCUT2D eigenvalue weighted by Gasteiger charge is -2.10. The number of nitrogens with one attached hydrogen (secondary N) is 1. The van der Waals surface area contributed by atoms with Gasteiger partial charge in [0.05, 0.1) is 11.4 Å². The summed E-state index contributed by atoms with van der Waals surface area (Å²) in [5.41, 5.74) is 6.06. The molecule has 4 rings (SSSR count). The zero-order chi connectivity index (χ0) is 19.2. The molecular weight excluding hydrogens is 355 g/mol. The van der Waals surface area contributed by atoms with E-state index in [1.54, 1.807) is 16.8 Å². The molecule has 2 aromatic carbocycles. The lowest BCUT2D eigenvalue weighted by molar-refractivity contribution is -0.274. The summed E-state index contributed by atoms with van der Waals surface area (Å²) in [6.07, 6.45) is -3.85. The Morgan fingerprint density at radius 1 is 1.04 bits per heavy atom. The van der Waals surface area contributed by atoms with Crippen molar-refractivity contribution in [2.24, 2.45) is 0 Å². The first-order valence-corrected chi connectivity index (χ1v) is 8.61. The number of aromatic nitrogens is 2. The van der Waals surface area contributed by atoms with Crippen LogP contribution < -0.4 is 10.1 Å². The van der Waals surface area contributed by atoms with Gasteiger partial charge in [-0.3, -0.25) is 0 Å². The van der Waals surface area contributed by atoms with Crippen LogP contribution >= 0.6 is 0 Å². The van der Waals surface area contributed by atoms with Gasteiger partial charge in [-0.05, 0) is 56.7 Å². The van der Waals surface area contributed by atoms with E-state index in [4.69, 9.17) is 5.10 Å². The van der Waals surface area contributed by atoms with Crippen LogP contribution in [0.4, 0.5) is 19.0 Å². The van der Waals surface area contributed by atoms with E-state index in [2.05, 4.69) is 28.3 Å². The van der Waals surface area contributed by atoms with Crippen molar-refractivity contribution in [3.05, 3.63) is 59.2 Å². The largest absolute Gasteiger partial charge is 0.573 e. The fourth-order valence-electron chi connectivity index (χ4n) is 3.49. The highest BCUT2D eigenvalue weighted by Gasteiger charge is 2.31. The molecule has 1 aliphatic heterocycles. The highest BCUT2D eigenvalue weighted by atomic mass is 19.4. The van der Waals surface area contributed by atoms with E-state index in [0.717, 1.165) is 46.7 Å². The monoisotopic (exact) mass is 373 g/mol. The molecule has 0 saturated heterocycles. The normalized spacial score (nSPS) is 13.4. The third kappa shape index (κ3) is 3.49. The minimum absolute atomic E-state index is 0.252. The summed E-state index contributed by atoms with van der Waals surface area (Å²) in [5.74, 6) is 0.631. The summed E-state index contributed by atoms with van der Waals surface area (Å²) in [6, 6.07) is 12.0. The third-order valence-electron chi connectivity index (χ3n) is 4.46. The molecular formula is C20H18F3N3O. The second-order valence-corrected chi connectivity index (χ2v) is 6.68. The van der Waals surface area contributed by atoms with Gasteiger partial charge in [-0.2, -0.15) is 5.10 Å². The Morgan fingerprint density at radius 3 is 2.33 bits per heavy atom. The van der Waals surface area contributed by atoms with Gasteiger partial charge in [-0.15, -0.1) is 13.2 Å².